The number of esters is 1. The molecule has 1 saturated heterocycles. The summed E-state index contributed by atoms with van der Waals surface area (Å²) in [7, 11) is 0. The van der Waals surface area contributed by atoms with E-state index < -0.39 is 11.9 Å². The molecule has 194 valence electrons. The van der Waals surface area contributed by atoms with Crippen molar-refractivity contribution in [3.63, 3.8) is 0 Å². The number of amides is 1. The third-order valence-electron chi connectivity index (χ3n) is 5.86. The van der Waals surface area contributed by atoms with Gasteiger partial charge in [-0.15, -0.1) is 0 Å². The number of aromatic nitrogens is 4. The number of carbonyl (C=O) groups is 2. The van der Waals surface area contributed by atoms with Crippen molar-refractivity contribution >= 4 is 39.9 Å². The minimum absolute atomic E-state index is 0.118. The Bertz CT molecular complexity index is 1320. The van der Waals surface area contributed by atoms with Gasteiger partial charge in [0.2, 0.25) is 0 Å². The third-order valence-corrected chi connectivity index (χ3v) is 7.43. The van der Waals surface area contributed by atoms with Gasteiger partial charge in [-0.3, -0.25) is 14.8 Å². The Kier molecular flexibility index (Phi) is 8.38. The van der Waals surface area contributed by atoms with Crippen LogP contribution in [0.2, 0.25) is 5.02 Å². The number of nitriles is 1. The number of rotatable bonds is 8. The zero-order valence-corrected chi connectivity index (χ0v) is 22.1. The molecule has 0 aliphatic carbocycles. The first-order valence-electron chi connectivity index (χ1n) is 11.8. The molecule has 1 amide bonds. The number of halogens is 1. The average molecular weight is 544 g/mol. The zero-order chi connectivity index (χ0) is 26.5. The molecule has 0 saturated carbocycles. The van der Waals surface area contributed by atoms with Crippen molar-refractivity contribution in [2.45, 2.75) is 39.3 Å². The van der Waals surface area contributed by atoms with E-state index in [0.717, 1.165) is 0 Å². The Hall–Kier alpha value is -3.53. The van der Waals surface area contributed by atoms with Crippen LogP contribution in [-0.4, -0.2) is 70.3 Å². The number of thiazole rings is 1. The SMILES string of the molecule is CCOC(=O)c1sc(N2CC[C@@H](NC(=O)c3[nH]c(C)c(Cl)c3C#N)[C@@H](OCC)C2)nc1-c1cnccn1. The van der Waals surface area contributed by atoms with E-state index in [-0.39, 0.29) is 35.0 Å². The Morgan fingerprint density at radius 2 is 2.16 bits per heavy atom. The largest absolute Gasteiger partial charge is 0.462 e. The molecule has 2 atom stereocenters. The van der Waals surface area contributed by atoms with Crippen LogP contribution in [0.3, 0.4) is 0 Å². The first-order chi connectivity index (χ1) is 17.9. The number of nitrogens with one attached hydrogen (secondary N) is 2. The van der Waals surface area contributed by atoms with Crippen LogP contribution in [0.5, 0.6) is 0 Å². The number of hydrogen-bond acceptors (Lipinski definition) is 10. The highest BCUT2D eigenvalue weighted by Crippen LogP contribution is 2.34. The van der Waals surface area contributed by atoms with Crippen LogP contribution in [0.4, 0.5) is 5.13 Å². The fraction of sp³-hybridized carbons (Fsp3) is 0.417. The summed E-state index contributed by atoms with van der Waals surface area (Å²) in [5.74, 6) is -0.887. The maximum Gasteiger partial charge on any atom is 0.350 e. The van der Waals surface area contributed by atoms with Gasteiger partial charge in [-0.25, -0.2) is 9.78 Å². The minimum atomic E-state index is -0.469. The van der Waals surface area contributed by atoms with Crippen LogP contribution in [0.15, 0.2) is 18.6 Å². The van der Waals surface area contributed by atoms with Crippen LogP contribution in [0, 0.1) is 18.3 Å². The quantitative estimate of drug-likeness (QED) is 0.408. The first kappa shape index (κ1) is 26.5. The van der Waals surface area contributed by atoms with Crippen LogP contribution in [-0.2, 0) is 9.47 Å². The summed E-state index contributed by atoms with van der Waals surface area (Å²) in [5.41, 5.74) is 1.70. The summed E-state index contributed by atoms with van der Waals surface area (Å²) in [4.78, 5) is 44.0. The molecule has 0 unspecified atom stereocenters. The number of aromatic amines is 1. The molecule has 13 heteroatoms. The Morgan fingerprint density at radius 3 is 2.84 bits per heavy atom. The van der Waals surface area contributed by atoms with E-state index >= 15 is 0 Å². The zero-order valence-electron chi connectivity index (χ0n) is 20.6. The van der Waals surface area contributed by atoms with E-state index in [9.17, 15) is 14.9 Å². The summed E-state index contributed by atoms with van der Waals surface area (Å²) >= 11 is 7.38. The molecular weight excluding hydrogens is 518 g/mol. The highest BCUT2D eigenvalue weighted by molar-refractivity contribution is 7.17. The monoisotopic (exact) mass is 543 g/mol. The van der Waals surface area contributed by atoms with Crippen molar-refractivity contribution in [3.05, 3.63) is 45.4 Å². The third kappa shape index (κ3) is 5.58. The normalized spacial score (nSPS) is 17.3. The summed E-state index contributed by atoms with van der Waals surface area (Å²) in [5, 5.41) is 13.3. The van der Waals surface area contributed by atoms with Crippen molar-refractivity contribution in [1.29, 1.82) is 5.26 Å². The number of ether oxygens (including phenoxy) is 2. The Labute approximate surface area is 222 Å². The van der Waals surface area contributed by atoms with E-state index in [0.29, 0.717) is 53.2 Å². The molecule has 0 bridgehead atoms. The van der Waals surface area contributed by atoms with E-state index in [1.165, 1.54) is 11.3 Å². The molecular formula is C24H26ClN7O4S. The second kappa shape index (κ2) is 11.7. The van der Waals surface area contributed by atoms with E-state index in [2.05, 4.69) is 20.3 Å². The molecule has 0 radical (unpaired) electrons. The van der Waals surface area contributed by atoms with Crippen LogP contribution >= 0.6 is 22.9 Å². The van der Waals surface area contributed by atoms with Gasteiger partial charge < -0.3 is 24.7 Å². The van der Waals surface area contributed by atoms with Gasteiger partial charge in [-0.2, -0.15) is 5.26 Å². The van der Waals surface area contributed by atoms with Crippen molar-refractivity contribution < 1.29 is 19.1 Å². The van der Waals surface area contributed by atoms with Gasteiger partial charge in [0.1, 0.15) is 33.6 Å². The standard InChI is InChI=1S/C24H26ClN7O4S/c1-4-35-17-12-32(9-6-15(17)30-22(33)19-14(10-26)18(25)13(3)29-19)24-31-20(16-11-27-7-8-28-16)21(37-24)23(34)36-5-2/h7-8,11,15,17,29H,4-6,9,12H2,1-3H3,(H,30,33)/t15-,17+/m1/s1. The molecule has 4 rings (SSSR count). The maximum absolute atomic E-state index is 13.0. The molecule has 3 aromatic heterocycles. The van der Waals surface area contributed by atoms with Crippen LogP contribution in [0.1, 0.15) is 51.7 Å². The number of aryl methyl sites for hydroxylation is 1. The summed E-state index contributed by atoms with van der Waals surface area (Å²) in [6, 6.07) is 1.69. The lowest BCUT2D eigenvalue weighted by atomic mass is 10.0. The van der Waals surface area contributed by atoms with Gasteiger partial charge in [0, 0.05) is 37.8 Å². The molecule has 37 heavy (non-hydrogen) atoms. The Morgan fingerprint density at radius 1 is 1.35 bits per heavy atom. The number of H-pyrrole nitrogens is 1. The van der Waals surface area contributed by atoms with E-state index in [4.69, 9.17) is 26.1 Å². The Balaban J connectivity index is 1.56. The van der Waals surface area contributed by atoms with Crippen molar-refractivity contribution in [2.24, 2.45) is 0 Å². The number of anilines is 1. The van der Waals surface area contributed by atoms with Crippen LogP contribution < -0.4 is 10.2 Å². The van der Waals surface area contributed by atoms with Gasteiger partial charge in [-0.05, 0) is 27.2 Å². The first-order valence-corrected chi connectivity index (χ1v) is 13.0. The molecule has 0 spiro atoms. The smallest absolute Gasteiger partial charge is 0.350 e. The number of hydrogen-bond donors (Lipinski definition) is 2. The fourth-order valence-corrected chi connectivity index (χ4v) is 5.32. The van der Waals surface area contributed by atoms with Crippen molar-refractivity contribution in [3.8, 4) is 17.5 Å². The van der Waals surface area contributed by atoms with E-state index in [1.807, 2.05) is 17.9 Å². The highest BCUT2D eigenvalue weighted by atomic mass is 35.5. The second-order valence-electron chi connectivity index (χ2n) is 8.22. The summed E-state index contributed by atoms with van der Waals surface area (Å²) in [6.07, 6.45) is 4.85. The predicted molar refractivity (Wildman–Crippen MR) is 138 cm³/mol. The molecule has 1 aliphatic heterocycles. The van der Waals surface area contributed by atoms with Crippen molar-refractivity contribution in [2.75, 3.05) is 31.2 Å². The maximum atomic E-state index is 13.0. The fourth-order valence-electron chi connectivity index (χ4n) is 4.13. The molecule has 11 nitrogen and oxygen atoms in total. The lowest BCUT2D eigenvalue weighted by Gasteiger charge is -2.38. The molecule has 1 aliphatic rings. The van der Waals surface area contributed by atoms with Gasteiger partial charge in [0.25, 0.3) is 5.91 Å². The molecule has 2 N–H and O–H groups in total. The number of nitrogens with zero attached hydrogens (tertiary/aromatic N) is 5. The van der Waals surface area contributed by atoms with Crippen molar-refractivity contribution in [1.82, 2.24) is 25.3 Å². The lowest BCUT2D eigenvalue weighted by Crippen LogP contribution is -2.55. The molecule has 0 aromatic carbocycles. The average Bonchev–Trinajstić information content (AvgIpc) is 3.47. The summed E-state index contributed by atoms with van der Waals surface area (Å²) < 4.78 is 11.2. The molecule has 4 heterocycles. The molecule has 3 aromatic rings. The van der Waals surface area contributed by atoms with E-state index in [1.54, 1.807) is 32.4 Å². The summed E-state index contributed by atoms with van der Waals surface area (Å²) in [6.45, 7) is 7.00. The van der Waals surface area contributed by atoms with Gasteiger partial charge in [0.15, 0.2) is 5.13 Å². The van der Waals surface area contributed by atoms with Gasteiger partial charge in [0.05, 0.1) is 30.0 Å². The van der Waals surface area contributed by atoms with Crippen LogP contribution in [0.25, 0.3) is 11.4 Å². The highest BCUT2D eigenvalue weighted by Gasteiger charge is 2.34. The number of carbonyl (C=O) groups excluding carboxylic acids is 2. The minimum Gasteiger partial charge on any atom is -0.462 e. The second-order valence-corrected chi connectivity index (χ2v) is 9.58. The molecule has 1 fully saturated rings. The topological polar surface area (TPSA) is 146 Å². The lowest BCUT2D eigenvalue weighted by molar-refractivity contribution is 0.0272. The predicted octanol–water partition coefficient (Wildman–Crippen LogP) is 3.35. The van der Waals surface area contributed by atoms with Gasteiger partial charge >= 0.3 is 5.97 Å². The number of piperidine rings is 1. The van der Waals surface area contributed by atoms with Gasteiger partial charge in [-0.1, -0.05) is 22.9 Å².